The normalized spacial score (nSPS) is 11.5. The van der Waals surface area contributed by atoms with Crippen LogP contribution in [0.2, 0.25) is 0 Å². The van der Waals surface area contributed by atoms with Crippen molar-refractivity contribution in [1.29, 1.82) is 5.26 Å². The van der Waals surface area contributed by atoms with E-state index < -0.39 is 0 Å². The Morgan fingerprint density at radius 2 is 2.08 bits per heavy atom. The fourth-order valence-electron chi connectivity index (χ4n) is 2.46. The zero-order valence-corrected chi connectivity index (χ0v) is 13.2. The quantitative estimate of drug-likeness (QED) is 0.803. The molecule has 0 aliphatic carbocycles. The van der Waals surface area contributed by atoms with Gasteiger partial charge in [-0.05, 0) is 42.8 Å². The number of hydrogen-bond acceptors (Lipinski definition) is 3. The van der Waals surface area contributed by atoms with Gasteiger partial charge >= 0.3 is 0 Å². The molecular formula is C19H16N4O. The zero-order valence-electron chi connectivity index (χ0n) is 13.2. The molecule has 1 N–H and O–H groups in total. The molecule has 2 aromatic carbocycles. The minimum atomic E-state index is -0.201. The lowest BCUT2D eigenvalue weighted by Crippen LogP contribution is -2.26. The van der Waals surface area contributed by atoms with Crippen molar-refractivity contribution in [2.75, 3.05) is 0 Å². The lowest BCUT2D eigenvalue weighted by atomic mass is 10.1. The molecule has 1 heterocycles. The van der Waals surface area contributed by atoms with Gasteiger partial charge in [0.1, 0.15) is 0 Å². The Morgan fingerprint density at radius 1 is 1.25 bits per heavy atom. The molecule has 0 fully saturated rings. The van der Waals surface area contributed by atoms with E-state index in [1.165, 1.54) is 0 Å². The van der Waals surface area contributed by atoms with Gasteiger partial charge in [0.2, 0.25) is 0 Å². The van der Waals surface area contributed by atoms with Gasteiger partial charge in [-0.2, -0.15) is 5.26 Å². The number of hydrogen-bond donors (Lipinski definition) is 1. The van der Waals surface area contributed by atoms with E-state index in [-0.39, 0.29) is 11.9 Å². The van der Waals surface area contributed by atoms with Crippen molar-refractivity contribution in [2.45, 2.75) is 13.0 Å². The molecule has 0 spiro atoms. The molecule has 0 radical (unpaired) electrons. The largest absolute Gasteiger partial charge is 0.346 e. The number of nitrogens with zero attached hydrogens (tertiary/aromatic N) is 3. The minimum absolute atomic E-state index is 0.160. The van der Waals surface area contributed by atoms with E-state index in [2.05, 4.69) is 10.3 Å². The highest BCUT2D eigenvalue weighted by atomic mass is 16.1. The molecule has 3 aromatic rings. The topological polar surface area (TPSA) is 70.7 Å². The van der Waals surface area contributed by atoms with Crippen LogP contribution in [0.25, 0.3) is 5.69 Å². The average Bonchev–Trinajstić information content (AvgIpc) is 3.16. The Hall–Kier alpha value is -3.39. The number of amides is 1. The Kier molecular flexibility index (Phi) is 4.39. The van der Waals surface area contributed by atoms with Crippen molar-refractivity contribution in [1.82, 2.24) is 14.9 Å². The Morgan fingerprint density at radius 3 is 2.83 bits per heavy atom. The Balaban J connectivity index is 1.77. The summed E-state index contributed by atoms with van der Waals surface area (Å²) in [5, 5.41) is 11.9. The van der Waals surface area contributed by atoms with Crippen LogP contribution in [0, 0.1) is 11.3 Å². The van der Waals surface area contributed by atoms with Crippen LogP contribution in [0.15, 0.2) is 67.3 Å². The van der Waals surface area contributed by atoms with Crippen LogP contribution in [-0.2, 0) is 0 Å². The van der Waals surface area contributed by atoms with Gasteiger partial charge in [-0.3, -0.25) is 4.79 Å². The first-order valence-electron chi connectivity index (χ1n) is 7.56. The van der Waals surface area contributed by atoms with Crippen LogP contribution in [0.5, 0.6) is 0 Å². The average molecular weight is 316 g/mol. The number of imidazole rings is 1. The molecule has 0 aliphatic heterocycles. The summed E-state index contributed by atoms with van der Waals surface area (Å²) in [6.45, 7) is 1.93. The van der Waals surface area contributed by atoms with Gasteiger partial charge in [0.15, 0.2) is 0 Å². The van der Waals surface area contributed by atoms with E-state index in [4.69, 9.17) is 5.26 Å². The minimum Gasteiger partial charge on any atom is -0.346 e. The molecule has 0 bridgehead atoms. The summed E-state index contributed by atoms with van der Waals surface area (Å²) in [4.78, 5) is 16.4. The summed E-state index contributed by atoms with van der Waals surface area (Å²) in [6, 6.07) is 16.5. The lowest BCUT2D eigenvalue weighted by Gasteiger charge is -2.16. The first-order chi connectivity index (χ1) is 11.7. The fraction of sp³-hybridized carbons (Fsp3) is 0.105. The van der Waals surface area contributed by atoms with Crippen LogP contribution in [0.4, 0.5) is 0 Å². The number of benzene rings is 2. The number of carbonyl (C=O) groups excluding carboxylic acids is 1. The molecule has 0 saturated carbocycles. The van der Waals surface area contributed by atoms with E-state index in [0.29, 0.717) is 11.1 Å². The van der Waals surface area contributed by atoms with E-state index in [1.807, 2.05) is 48.0 Å². The molecule has 1 unspecified atom stereocenters. The Labute approximate surface area is 140 Å². The van der Waals surface area contributed by atoms with Crippen molar-refractivity contribution in [3.05, 3.63) is 83.9 Å². The molecule has 1 amide bonds. The van der Waals surface area contributed by atoms with Crippen LogP contribution < -0.4 is 5.32 Å². The smallest absolute Gasteiger partial charge is 0.251 e. The van der Waals surface area contributed by atoms with Gasteiger partial charge in [0.25, 0.3) is 5.91 Å². The van der Waals surface area contributed by atoms with Gasteiger partial charge < -0.3 is 9.88 Å². The summed E-state index contributed by atoms with van der Waals surface area (Å²) < 4.78 is 1.91. The highest BCUT2D eigenvalue weighted by Crippen LogP contribution is 2.17. The van der Waals surface area contributed by atoms with E-state index >= 15 is 0 Å². The van der Waals surface area contributed by atoms with Crippen molar-refractivity contribution in [3.63, 3.8) is 0 Å². The summed E-state index contributed by atoms with van der Waals surface area (Å²) in [6.07, 6.45) is 5.32. The molecule has 3 rings (SSSR count). The van der Waals surface area contributed by atoms with Crippen LogP contribution >= 0.6 is 0 Å². The summed E-state index contributed by atoms with van der Waals surface area (Å²) in [5.74, 6) is -0.201. The molecule has 1 atom stereocenters. The monoisotopic (exact) mass is 316 g/mol. The van der Waals surface area contributed by atoms with Gasteiger partial charge in [-0.1, -0.05) is 18.2 Å². The fourth-order valence-corrected chi connectivity index (χ4v) is 2.46. The van der Waals surface area contributed by atoms with Gasteiger partial charge in [0.05, 0.1) is 24.0 Å². The standard InChI is InChI=1S/C19H16N4O/c1-14(22-19(24)17-6-2-4-15(10-17)12-20)16-5-3-7-18(11-16)23-9-8-21-13-23/h2-11,13-14H,1H3,(H,22,24). The first-order valence-corrected chi connectivity index (χ1v) is 7.56. The van der Waals surface area contributed by atoms with Crippen molar-refractivity contribution in [3.8, 4) is 11.8 Å². The third-order valence-electron chi connectivity index (χ3n) is 3.77. The van der Waals surface area contributed by atoms with Crippen LogP contribution in [-0.4, -0.2) is 15.5 Å². The van der Waals surface area contributed by atoms with E-state index in [0.717, 1.165) is 11.3 Å². The number of rotatable bonds is 4. The molecule has 118 valence electrons. The maximum absolute atomic E-state index is 12.4. The summed E-state index contributed by atoms with van der Waals surface area (Å²) in [5.41, 5.74) is 2.92. The maximum Gasteiger partial charge on any atom is 0.251 e. The van der Waals surface area contributed by atoms with E-state index in [1.54, 1.807) is 36.8 Å². The van der Waals surface area contributed by atoms with Crippen LogP contribution in [0.3, 0.4) is 0 Å². The van der Waals surface area contributed by atoms with E-state index in [9.17, 15) is 4.79 Å². The molecule has 0 aliphatic rings. The molecule has 5 heteroatoms. The highest BCUT2D eigenvalue weighted by Gasteiger charge is 2.12. The van der Waals surface area contributed by atoms with Crippen molar-refractivity contribution < 1.29 is 4.79 Å². The highest BCUT2D eigenvalue weighted by molar-refractivity contribution is 5.94. The van der Waals surface area contributed by atoms with Crippen LogP contribution in [0.1, 0.15) is 34.5 Å². The molecule has 5 nitrogen and oxygen atoms in total. The SMILES string of the molecule is CC(NC(=O)c1cccc(C#N)c1)c1cccc(-n2ccnc2)c1. The zero-order chi connectivity index (χ0) is 16.9. The Bertz CT molecular complexity index is 894. The molecular weight excluding hydrogens is 300 g/mol. The number of aromatic nitrogens is 2. The lowest BCUT2D eigenvalue weighted by molar-refractivity contribution is 0.0940. The van der Waals surface area contributed by atoms with Gasteiger partial charge in [0, 0.05) is 23.6 Å². The third kappa shape index (κ3) is 3.33. The van der Waals surface area contributed by atoms with Crippen molar-refractivity contribution in [2.24, 2.45) is 0 Å². The number of carbonyl (C=O) groups is 1. The maximum atomic E-state index is 12.4. The van der Waals surface area contributed by atoms with Gasteiger partial charge in [-0.25, -0.2) is 4.98 Å². The number of nitriles is 1. The van der Waals surface area contributed by atoms with Crippen molar-refractivity contribution >= 4 is 5.91 Å². The second kappa shape index (κ2) is 6.80. The predicted molar refractivity (Wildman–Crippen MR) is 90.6 cm³/mol. The molecule has 24 heavy (non-hydrogen) atoms. The summed E-state index contributed by atoms with van der Waals surface area (Å²) in [7, 11) is 0. The second-order valence-corrected chi connectivity index (χ2v) is 5.45. The predicted octanol–water partition coefficient (Wildman–Crippen LogP) is 3.23. The number of nitrogens with one attached hydrogen (secondary N) is 1. The third-order valence-corrected chi connectivity index (χ3v) is 3.77. The molecule has 1 aromatic heterocycles. The first kappa shape index (κ1) is 15.5. The van der Waals surface area contributed by atoms with Gasteiger partial charge in [-0.15, -0.1) is 0 Å². The molecule has 0 saturated heterocycles. The second-order valence-electron chi connectivity index (χ2n) is 5.45. The summed E-state index contributed by atoms with van der Waals surface area (Å²) >= 11 is 0.